The molecule has 0 unspecified atom stereocenters. The number of hydrogen-bond donors (Lipinski definition) is 2. The van der Waals surface area contributed by atoms with Gasteiger partial charge in [-0.25, -0.2) is 0 Å². The van der Waals surface area contributed by atoms with Crippen LogP contribution in [-0.4, -0.2) is 32.7 Å². The number of halogens is 2. The molecule has 0 atom stereocenters. The van der Waals surface area contributed by atoms with Crippen molar-refractivity contribution in [2.75, 3.05) is 32.1 Å². The van der Waals surface area contributed by atoms with E-state index in [0.29, 0.717) is 36.8 Å². The Labute approximate surface area is 146 Å². The molecular formula is C15H24BrClN2O3. The van der Waals surface area contributed by atoms with Crippen LogP contribution >= 0.6 is 28.3 Å². The Hall–Kier alpha value is -0.980. The van der Waals surface area contributed by atoms with Crippen LogP contribution in [0.2, 0.25) is 0 Å². The Morgan fingerprint density at radius 3 is 2.32 bits per heavy atom. The van der Waals surface area contributed by atoms with Gasteiger partial charge in [-0.15, -0.1) is 12.4 Å². The van der Waals surface area contributed by atoms with E-state index in [2.05, 4.69) is 26.6 Å². The molecule has 0 aliphatic rings. The topological polar surface area (TPSA) is 59.6 Å². The third-order valence-corrected chi connectivity index (χ3v) is 3.39. The predicted octanol–water partition coefficient (Wildman–Crippen LogP) is 3.61. The van der Waals surface area contributed by atoms with Crippen molar-refractivity contribution in [2.45, 2.75) is 26.7 Å². The van der Waals surface area contributed by atoms with Gasteiger partial charge in [0.15, 0.2) is 11.5 Å². The number of benzene rings is 1. The number of carbonyl (C=O) groups is 1. The molecule has 0 aromatic heterocycles. The van der Waals surface area contributed by atoms with Crippen LogP contribution in [0.5, 0.6) is 11.5 Å². The van der Waals surface area contributed by atoms with Crippen molar-refractivity contribution < 1.29 is 14.3 Å². The lowest BCUT2D eigenvalue weighted by Gasteiger charge is -2.15. The van der Waals surface area contributed by atoms with Crippen LogP contribution in [0.4, 0.5) is 5.69 Å². The van der Waals surface area contributed by atoms with Gasteiger partial charge < -0.3 is 20.1 Å². The van der Waals surface area contributed by atoms with E-state index in [0.717, 1.165) is 17.4 Å². The summed E-state index contributed by atoms with van der Waals surface area (Å²) in [5.41, 5.74) is 0.691. The third-order valence-electron chi connectivity index (χ3n) is 2.74. The first-order valence-corrected chi connectivity index (χ1v) is 7.95. The fraction of sp³-hybridized carbons (Fsp3) is 0.533. The van der Waals surface area contributed by atoms with E-state index in [-0.39, 0.29) is 18.3 Å². The average Bonchev–Trinajstić information content (AvgIpc) is 2.44. The van der Waals surface area contributed by atoms with Gasteiger partial charge in [0.05, 0.1) is 18.9 Å². The van der Waals surface area contributed by atoms with Crippen LogP contribution in [0.1, 0.15) is 26.7 Å². The molecule has 0 spiro atoms. The first kappa shape index (κ1) is 21.0. The molecule has 0 aliphatic heterocycles. The molecule has 0 aliphatic carbocycles. The SMILES string of the molecule is CCOc1cc(Br)c(NC(=O)CCCNC)cc1OCC.Cl. The van der Waals surface area contributed by atoms with Crippen LogP contribution in [0.25, 0.3) is 0 Å². The molecule has 0 heterocycles. The Morgan fingerprint density at radius 2 is 1.77 bits per heavy atom. The number of anilines is 1. The Balaban J connectivity index is 0.00000441. The summed E-state index contributed by atoms with van der Waals surface area (Å²) in [6, 6.07) is 3.60. The summed E-state index contributed by atoms with van der Waals surface area (Å²) in [6.45, 7) is 5.75. The molecule has 5 nitrogen and oxygen atoms in total. The fourth-order valence-electron chi connectivity index (χ4n) is 1.81. The Bertz CT molecular complexity index is 472. The van der Waals surface area contributed by atoms with Gasteiger partial charge in [0, 0.05) is 23.0 Å². The van der Waals surface area contributed by atoms with Gasteiger partial charge in [-0.2, -0.15) is 0 Å². The lowest BCUT2D eigenvalue weighted by Crippen LogP contribution is -2.15. The van der Waals surface area contributed by atoms with Crippen molar-refractivity contribution in [2.24, 2.45) is 0 Å². The minimum atomic E-state index is -0.0161. The highest BCUT2D eigenvalue weighted by molar-refractivity contribution is 9.10. The summed E-state index contributed by atoms with van der Waals surface area (Å²) < 4.78 is 11.9. The number of hydrogen-bond acceptors (Lipinski definition) is 4. The molecule has 0 saturated carbocycles. The minimum Gasteiger partial charge on any atom is -0.490 e. The van der Waals surface area contributed by atoms with Crippen molar-refractivity contribution in [3.05, 3.63) is 16.6 Å². The Kier molecular flexibility index (Phi) is 11.1. The van der Waals surface area contributed by atoms with E-state index in [1.165, 1.54) is 0 Å². The zero-order valence-electron chi connectivity index (χ0n) is 13.2. The van der Waals surface area contributed by atoms with Crippen molar-refractivity contribution in [1.29, 1.82) is 0 Å². The molecule has 1 amide bonds. The van der Waals surface area contributed by atoms with Gasteiger partial charge in [0.1, 0.15) is 0 Å². The average molecular weight is 396 g/mol. The lowest BCUT2D eigenvalue weighted by molar-refractivity contribution is -0.116. The number of rotatable bonds is 9. The highest BCUT2D eigenvalue weighted by Crippen LogP contribution is 2.36. The highest BCUT2D eigenvalue weighted by Gasteiger charge is 2.12. The number of carbonyl (C=O) groups excluding carboxylic acids is 1. The molecular weight excluding hydrogens is 372 g/mol. The van der Waals surface area contributed by atoms with Gasteiger partial charge in [0.2, 0.25) is 5.91 Å². The monoisotopic (exact) mass is 394 g/mol. The van der Waals surface area contributed by atoms with E-state index < -0.39 is 0 Å². The molecule has 7 heteroatoms. The van der Waals surface area contributed by atoms with Crippen molar-refractivity contribution in [1.82, 2.24) is 5.32 Å². The zero-order chi connectivity index (χ0) is 15.7. The second-order valence-electron chi connectivity index (χ2n) is 4.40. The minimum absolute atomic E-state index is 0. The first-order chi connectivity index (χ1) is 10.1. The smallest absolute Gasteiger partial charge is 0.224 e. The van der Waals surface area contributed by atoms with E-state index in [9.17, 15) is 4.79 Å². The predicted molar refractivity (Wildman–Crippen MR) is 95.5 cm³/mol. The molecule has 0 fully saturated rings. The number of ether oxygens (including phenoxy) is 2. The van der Waals surface area contributed by atoms with E-state index >= 15 is 0 Å². The van der Waals surface area contributed by atoms with Crippen LogP contribution in [-0.2, 0) is 4.79 Å². The summed E-state index contributed by atoms with van der Waals surface area (Å²) in [4.78, 5) is 11.9. The van der Waals surface area contributed by atoms with Gasteiger partial charge in [-0.3, -0.25) is 4.79 Å². The normalized spacial score (nSPS) is 9.82. The maximum absolute atomic E-state index is 11.9. The van der Waals surface area contributed by atoms with Gasteiger partial charge in [-0.05, 0) is 49.8 Å². The third kappa shape index (κ3) is 6.85. The molecule has 1 rings (SSSR count). The lowest BCUT2D eigenvalue weighted by atomic mass is 10.2. The number of amides is 1. The second kappa shape index (κ2) is 11.6. The molecule has 1 aromatic carbocycles. The summed E-state index contributed by atoms with van der Waals surface area (Å²) in [5.74, 6) is 1.28. The quantitative estimate of drug-likeness (QED) is 0.627. The Morgan fingerprint density at radius 1 is 1.18 bits per heavy atom. The van der Waals surface area contributed by atoms with Crippen molar-refractivity contribution in [3.63, 3.8) is 0 Å². The largest absolute Gasteiger partial charge is 0.490 e. The zero-order valence-corrected chi connectivity index (χ0v) is 15.6. The fourth-order valence-corrected chi connectivity index (χ4v) is 2.23. The van der Waals surface area contributed by atoms with E-state index in [1.54, 1.807) is 6.07 Å². The molecule has 2 N–H and O–H groups in total. The summed E-state index contributed by atoms with van der Waals surface area (Å²) in [7, 11) is 1.87. The molecule has 1 aromatic rings. The van der Waals surface area contributed by atoms with Gasteiger partial charge in [0.25, 0.3) is 0 Å². The molecule has 0 radical (unpaired) electrons. The summed E-state index contributed by atoms with van der Waals surface area (Å²) in [5, 5.41) is 5.91. The summed E-state index contributed by atoms with van der Waals surface area (Å²) >= 11 is 3.45. The van der Waals surface area contributed by atoms with Crippen LogP contribution in [0, 0.1) is 0 Å². The standard InChI is InChI=1S/C15H23BrN2O3.ClH/c1-4-20-13-9-11(16)12(10-14(13)21-5-2)18-15(19)7-6-8-17-3;/h9-10,17H,4-8H2,1-3H3,(H,18,19);1H. The molecule has 126 valence electrons. The van der Waals surface area contributed by atoms with Gasteiger partial charge in [-0.1, -0.05) is 0 Å². The number of nitrogens with one attached hydrogen (secondary N) is 2. The van der Waals surface area contributed by atoms with E-state index in [4.69, 9.17) is 9.47 Å². The maximum atomic E-state index is 11.9. The van der Waals surface area contributed by atoms with Crippen LogP contribution in [0.3, 0.4) is 0 Å². The van der Waals surface area contributed by atoms with Gasteiger partial charge >= 0.3 is 0 Å². The van der Waals surface area contributed by atoms with Crippen molar-refractivity contribution >= 4 is 39.9 Å². The first-order valence-electron chi connectivity index (χ1n) is 7.15. The van der Waals surface area contributed by atoms with E-state index in [1.807, 2.05) is 27.0 Å². The molecule has 0 saturated heterocycles. The van der Waals surface area contributed by atoms with Crippen LogP contribution < -0.4 is 20.1 Å². The molecule has 22 heavy (non-hydrogen) atoms. The second-order valence-corrected chi connectivity index (χ2v) is 5.25. The van der Waals surface area contributed by atoms with Crippen LogP contribution in [0.15, 0.2) is 16.6 Å². The van der Waals surface area contributed by atoms with Crippen molar-refractivity contribution in [3.8, 4) is 11.5 Å². The maximum Gasteiger partial charge on any atom is 0.224 e. The summed E-state index contributed by atoms with van der Waals surface area (Å²) in [6.07, 6.45) is 1.28. The highest BCUT2D eigenvalue weighted by atomic mass is 79.9. The molecule has 0 bridgehead atoms.